The van der Waals surface area contributed by atoms with Gasteiger partial charge in [-0.25, -0.2) is 0 Å². The molecule has 1 saturated heterocycles. The first-order valence-corrected chi connectivity index (χ1v) is 6.29. The Labute approximate surface area is 102 Å². The third-order valence-corrected chi connectivity index (χ3v) is 3.15. The van der Waals surface area contributed by atoms with E-state index in [9.17, 15) is 0 Å². The second-order valence-corrected chi connectivity index (χ2v) is 4.35. The first-order valence-electron chi connectivity index (χ1n) is 5.75. The zero-order chi connectivity index (χ0) is 11.2. The van der Waals surface area contributed by atoms with Crippen LogP contribution in [0.2, 0.25) is 0 Å². The summed E-state index contributed by atoms with van der Waals surface area (Å²) in [5.41, 5.74) is 2.50. The van der Waals surface area contributed by atoms with Gasteiger partial charge >= 0.3 is 0 Å². The van der Waals surface area contributed by atoms with Crippen molar-refractivity contribution >= 4 is 11.6 Å². The highest BCUT2D eigenvalue weighted by atomic mass is 35.5. The second kappa shape index (κ2) is 5.94. The molecule has 1 aliphatic rings. The van der Waals surface area contributed by atoms with Crippen molar-refractivity contribution in [3.8, 4) is 11.8 Å². The summed E-state index contributed by atoms with van der Waals surface area (Å²) in [5.74, 6) is 7.02. The molecule has 0 amide bonds. The Kier molecular flexibility index (Phi) is 4.27. The highest BCUT2D eigenvalue weighted by molar-refractivity contribution is 6.19. The van der Waals surface area contributed by atoms with Gasteiger partial charge in [-0.15, -0.1) is 11.6 Å². The van der Waals surface area contributed by atoms with Crippen LogP contribution in [0.15, 0.2) is 24.3 Å². The molecule has 0 aliphatic carbocycles. The number of rotatable bonds is 1. The van der Waals surface area contributed by atoms with Gasteiger partial charge in [-0.3, -0.25) is 0 Å². The monoisotopic (exact) mass is 233 g/mol. The van der Waals surface area contributed by atoms with Crippen LogP contribution in [-0.4, -0.2) is 19.0 Å². The van der Waals surface area contributed by atoms with Crippen molar-refractivity contribution in [3.63, 3.8) is 0 Å². The van der Waals surface area contributed by atoms with E-state index in [1.165, 1.54) is 18.4 Å². The van der Waals surface area contributed by atoms with Crippen LogP contribution in [0.5, 0.6) is 0 Å². The number of hydrogen-bond donors (Lipinski definition) is 1. The average Bonchev–Trinajstić information content (AvgIpc) is 2.38. The second-order valence-electron chi connectivity index (χ2n) is 4.08. The van der Waals surface area contributed by atoms with Crippen LogP contribution in [0.4, 0.5) is 0 Å². The minimum Gasteiger partial charge on any atom is -0.317 e. The van der Waals surface area contributed by atoms with E-state index in [0.717, 1.165) is 24.6 Å². The Morgan fingerprint density at radius 3 is 2.50 bits per heavy atom. The van der Waals surface area contributed by atoms with Gasteiger partial charge in [0.1, 0.15) is 0 Å². The first kappa shape index (κ1) is 11.5. The summed E-state index contributed by atoms with van der Waals surface area (Å²) in [4.78, 5) is 0. The number of halogens is 1. The molecular weight excluding hydrogens is 218 g/mol. The molecule has 0 spiro atoms. The van der Waals surface area contributed by atoms with E-state index in [1.54, 1.807) is 0 Å². The lowest BCUT2D eigenvalue weighted by atomic mass is 9.90. The standard InChI is InChI=1S/C14H16ClN/c15-9-1-2-12-3-5-13(6-4-12)14-7-10-16-11-8-14/h3-6,14,16H,7-11H2. The molecule has 2 heteroatoms. The Morgan fingerprint density at radius 2 is 1.88 bits per heavy atom. The van der Waals surface area contributed by atoms with Gasteiger partial charge in [0.2, 0.25) is 0 Å². The molecule has 1 aromatic carbocycles. The highest BCUT2D eigenvalue weighted by Crippen LogP contribution is 2.24. The molecular formula is C14H16ClN. The minimum absolute atomic E-state index is 0.399. The quantitative estimate of drug-likeness (QED) is 0.581. The van der Waals surface area contributed by atoms with Crippen LogP contribution in [0.25, 0.3) is 0 Å². The van der Waals surface area contributed by atoms with E-state index in [1.807, 2.05) is 0 Å². The maximum Gasteiger partial charge on any atom is 0.0839 e. The van der Waals surface area contributed by atoms with Crippen LogP contribution >= 0.6 is 11.6 Å². The number of nitrogens with one attached hydrogen (secondary N) is 1. The van der Waals surface area contributed by atoms with Gasteiger partial charge in [0, 0.05) is 5.56 Å². The molecule has 1 aliphatic heterocycles. The molecule has 0 radical (unpaired) electrons. The van der Waals surface area contributed by atoms with Crippen molar-refractivity contribution in [1.29, 1.82) is 0 Å². The smallest absolute Gasteiger partial charge is 0.0839 e. The van der Waals surface area contributed by atoms with E-state index < -0.39 is 0 Å². The normalized spacial score (nSPS) is 16.6. The fourth-order valence-electron chi connectivity index (χ4n) is 2.13. The van der Waals surface area contributed by atoms with Crippen LogP contribution < -0.4 is 5.32 Å². The Bertz CT molecular complexity index is 379. The van der Waals surface area contributed by atoms with Crippen molar-refractivity contribution < 1.29 is 0 Å². The molecule has 0 atom stereocenters. The van der Waals surface area contributed by atoms with Gasteiger partial charge in [0.05, 0.1) is 5.88 Å². The topological polar surface area (TPSA) is 12.0 Å². The molecule has 1 fully saturated rings. The zero-order valence-electron chi connectivity index (χ0n) is 9.30. The Hall–Kier alpha value is -0.970. The summed E-state index contributed by atoms with van der Waals surface area (Å²) in [5, 5.41) is 3.39. The van der Waals surface area contributed by atoms with Crippen molar-refractivity contribution in [3.05, 3.63) is 35.4 Å². The SMILES string of the molecule is ClCC#Cc1ccc(C2CCNCC2)cc1. The molecule has 1 N–H and O–H groups in total. The van der Waals surface area contributed by atoms with Gasteiger partial charge in [-0.2, -0.15) is 0 Å². The van der Waals surface area contributed by atoms with E-state index in [2.05, 4.69) is 41.4 Å². The molecule has 16 heavy (non-hydrogen) atoms. The van der Waals surface area contributed by atoms with Crippen LogP contribution in [0.3, 0.4) is 0 Å². The predicted molar refractivity (Wildman–Crippen MR) is 68.9 cm³/mol. The fraction of sp³-hybridized carbons (Fsp3) is 0.429. The molecule has 84 valence electrons. The fourth-order valence-corrected chi connectivity index (χ4v) is 2.20. The number of alkyl halides is 1. The third kappa shape index (κ3) is 3.01. The van der Waals surface area contributed by atoms with Crippen molar-refractivity contribution in [1.82, 2.24) is 5.32 Å². The van der Waals surface area contributed by atoms with Gasteiger partial charge in [-0.05, 0) is 49.5 Å². The number of piperidine rings is 1. The summed E-state index contributed by atoms with van der Waals surface area (Å²) in [7, 11) is 0. The lowest BCUT2D eigenvalue weighted by Gasteiger charge is -2.22. The third-order valence-electron chi connectivity index (χ3n) is 3.02. The molecule has 1 nitrogen and oxygen atoms in total. The number of hydrogen-bond acceptors (Lipinski definition) is 1. The molecule has 1 aromatic rings. The minimum atomic E-state index is 0.399. The number of benzene rings is 1. The van der Waals surface area contributed by atoms with Gasteiger partial charge in [-0.1, -0.05) is 24.0 Å². The van der Waals surface area contributed by atoms with E-state index >= 15 is 0 Å². The summed E-state index contributed by atoms with van der Waals surface area (Å²) < 4.78 is 0. The Balaban J connectivity index is 2.06. The molecule has 1 heterocycles. The van der Waals surface area contributed by atoms with Crippen molar-refractivity contribution in [2.24, 2.45) is 0 Å². The summed E-state index contributed by atoms with van der Waals surface area (Å²) in [6.45, 7) is 2.27. The van der Waals surface area contributed by atoms with Crippen LogP contribution in [0.1, 0.15) is 29.9 Å². The molecule has 0 bridgehead atoms. The lowest BCUT2D eigenvalue weighted by molar-refractivity contribution is 0.460. The van der Waals surface area contributed by atoms with Crippen molar-refractivity contribution in [2.45, 2.75) is 18.8 Å². The van der Waals surface area contributed by atoms with E-state index in [-0.39, 0.29) is 0 Å². The summed E-state index contributed by atoms with van der Waals surface area (Å²) in [6, 6.07) is 8.59. The summed E-state index contributed by atoms with van der Waals surface area (Å²) >= 11 is 5.52. The van der Waals surface area contributed by atoms with Gasteiger partial charge in [0.25, 0.3) is 0 Å². The summed E-state index contributed by atoms with van der Waals surface area (Å²) in [6.07, 6.45) is 2.49. The van der Waals surface area contributed by atoms with Crippen LogP contribution in [0, 0.1) is 11.8 Å². The van der Waals surface area contributed by atoms with Crippen LogP contribution in [-0.2, 0) is 0 Å². The molecule has 2 rings (SSSR count). The molecule has 0 unspecified atom stereocenters. The van der Waals surface area contributed by atoms with E-state index in [0.29, 0.717) is 5.88 Å². The lowest BCUT2D eigenvalue weighted by Crippen LogP contribution is -2.26. The largest absolute Gasteiger partial charge is 0.317 e. The van der Waals surface area contributed by atoms with Gasteiger partial charge < -0.3 is 5.32 Å². The predicted octanol–water partition coefficient (Wildman–Crippen LogP) is 2.74. The maximum atomic E-state index is 5.52. The molecule has 0 saturated carbocycles. The zero-order valence-corrected chi connectivity index (χ0v) is 10.1. The highest BCUT2D eigenvalue weighted by Gasteiger charge is 2.14. The van der Waals surface area contributed by atoms with E-state index in [4.69, 9.17) is 11.6 Å². The Morgan fingerprint density at radius 1 is 1.19 bits per heavy atom. The average molecular weight is 234 g/mol. The first-order chi connectivity index (χ1) is 7.90. The molecule has 0 aromatic heterocycles. The van der Waals surface area contributed by atoms with Gasteiger partial charge in [0.15, 0.2) is 0 Å². The maximum absolute atomic E-state index is 5.52. The van der Waals surface area contributed by atoms with Crippen molar-refractivity contribution in [2.75, 3.05) is 19.0 Å².